The molecule has 0 N–H and O–H groups in total. The molecule has 2 aromatic rings. The van der Waals surface area contributed by atoms with Crippen molar-refractivity contribution in [1.29, 1.82) is 0 Å². The largest absolute Gasteiger partial charge is 0.487 e. The van der Waals surface area contributed by atoms with E-state index in [0.29, 0.717) is 16.8 Å². The monoisotopic (exact) mass is 287 g/mol. The Labute approximate surface area is 98.9 Å². The highest BCUT2D eigenvalue weighted by molar-refractivity contribution is 9.10. The summed E-state index contributed by atoms with van der Waals surface area (Å²) in [7, 11) is 0. The summed E-state index contributed by atoms with van der Waals surface area (Å²) in [6.45, 7) is 0.453. The number of hydrogen-bond acceptors (Lipinski definition) is 3. The van der Waals surface area contributed by atoms with Crippen LogP contribution in [0.2, 0.25) is 0 Å². The highest BCUT2D eigenvalue weighted by Crippen LogP contribution is 2.26. The van der Waals surface area contributed by atoms with Gasteiger partial charge in [-0.15, -0.1) is 11.3 Å². The van der Waals surface area contributed by atoms with E-state index in [2.05, 4.69) is 20.9 Å². The molecule has 0 radical (unpaired) electrons. The topological polar surface area (TPSA) is 22.1 Å². The third-order valence-corrected chi connectivity index (χ3v) is 3.12. The van der Waals surface area contributed by atoms with Crippen LogP contribution in [0.4, 0.5) is 4.39 Å². The van der Waals surface area contributed by atoms with Crippen LogP contribution in [0.15, 0.2) is 34.4 Å². The number of thiazole rings is 1. The van der Waals surface area contributed by atoms with Gasteiger partial charge >= 0.3 is 0 Å². The molecule has 0 amide bonds. The van der Waals surface area contributed by atoms with E-state index in [1.165, 1.54) is 23.5 Å². The SMILES string of the molecule is Fc1ccc(OCc2cncs2)c(Br)c1. The maximum absolute atomic E-state index is 12.8. The summed E-state index contributed by atoms with van der Waals surface area (Å²) in [5.74, 6) is 0.344. The lowest BCUT2D eigenvalue weighted by molar-refractivity contribution is 0.307. The highest BCUT2D eigenvalue weighted by Gasteiger charge is 2.03. The molecule has 0 aliphatic rings. The summed E-state index contributed by atoms with van der Waals surface area (Å²) in [6, 6.07) is 4.34. The van der Waals surface area contributed by atoms with Gasteiger partial charge in [-0.1, -0.05) is 0 Å². The molecular formula is C10H7BrFNOS. The molecule has 0 aliphatic carbocycles. The minimum Gasteiger partial charge on any atom is -0.487 e. The zero-order valence-corrected chi connectivity index (χ0v) is 10.0. The Morgan fingerprint density at radius 2 is 2.33 bits per heavy atom. The summed E-state index contributed by atoms with van der Waals surface area (Å²) < 4.78 is 18.9. The smallest absolute Gasteiger partial charge is 0.134 e. The second kappa shape index (κ2) is 4.72. The minimum absolute atomic E-state index is 0.285. The maximum Gasteiger partial charge on any atom is 0.134 e. The molecular weight excluding hydrogens is 281 g/mol. The van der Waals surface area contributed by atoms with Crippen LogP contribution < -0.4 is 4.74 Å². The van der Waals surface area contributed by atoms with Crippen LogP contribution in [-0.2, 0) is 6.61 Å². The number of aromatic nitrogens is 1. The first-order valence-electron chi connectivity index (χ1n) is 4.21. The Bertz CT molecular complexity index is 447. The first-order valence-corrected chi connectivity index (χ1v) is 5.88. The normalized spacial score (nSPS) is 10.3. The Morgan fingerprint density at radius 3 is 3.00 bits per heavy atom. The van der Waals surface area contributed by atoms with Crippen LogP contribution in [0.25, 0.3) is 0 Å². The Kier molecular flexibility index (Phi) is 3.33. The number of halogens is 2. The van der Waals surface area contributed by atoms with Gasteiger partial charge in [0, 0.05) is 6.20 Å². The quantitative estimate of drug-likeness (QED) is 0.860. The fourth-order valence-electron chi connectivity index (χ4n) is 1.05. The lowest BCUT2D eigenvalue weighted by Gasteiger charge is -2.06. The van der Waals surface area contributed by atoms with E-state index in [0.717, 1.165) is 4.88 Å². The highest BCUT2D eigenvalue weighted by atomic mass is 79.9. The van der Waals surface area contributed by atoms with Crippen molar-refractivity contribution in [3.05, 3.63) is 45.1 Å². The van der Waals surface area contributed by atoms with E-state index >= 15 is 0 Å². The molecule has 0 saturated heterocycles. The van der Waals surface area contributed by atoms with Crippen molar-refractivity contribution < 1.29 is 9.13 Å². The lowest BCUT2D eigenvalue weighted by atomic mass is 10.3. The molecule has 0 unspecified atom stereocenters. The molecule has 0 bridgehead atoms. The van der Waals surface area contributed by atoms with Crippen molar-refractivity contribution in [2.24, 2.45) is 0 Å². The van der Waals surface area contributed by atoms with Crippen LogP contribution in [0.5, 0.6) is 5.75 Å². The van der Waals surface area contributed by atoms with Gasteiger partial charge in [-0.05, 0) is 34.1 Å². The maximum atomic E-state index is 12.8. The summed E-state index contributed by atoms with van der Waals surface area (Å²) in [6.07, 6.45) is 1.75. The van der Waals surface area contributed by atoms with E-state index < -0.39 is 0 Å². The molecule has 0 aliphatic heterocycles. The predicted octanol–water partition coefficient (Wildman–Crippen LogP) is 3.62. The molecule has 78 valence electrons. The van der Waals surface area contributed by atoms with E-state index in [-0.39, 0.29) is 5.82 Å². The number of rotatable bonds is 3. The lowest BCUT2D eigenvalue weighted by Crippen LogP contribution is -1.93. The second-order valence-corrected chi connectivity index (χ2v) is 4.66. The van der Waals surface area contributed by atoms with Crippen LogP contribution in [0.1, 0.15) is 4.88 Å². The Balaban J connectivity index is 2.05. The molecule has 0 fully saturated rings. The van der Waals surface area contributed by atoms with Crippen LogP contribution in [0, 0.1) is 5.82 Å². The van der Waals surface area contributed by atoms with Crippen molar-refractivity contribution in [3.63, 3.8) is 0 Å². The van der Waals surface area contributed by atoms with Gasteiger partial charge in [-0.2, -0.15) is 0 Å². The average Bonchev–Trinajstić information content (AvgIpc) is 2.69. The summed E-state index contributed by atoms with van der Waals surface area (Å²) in [5, 5.41) is 0. The van der Waals surface area contributed by atoms with Gasteiger partial charge in [0.05, 0.1) is 14.9 Å². The molecule has 0 saturated carbocycles. The number of hydrogen-bond donors (Lipinski definition) is 0. The van der Waals surface area contributed by atoms with E-state index in [1.807, 2.05) is 0 Å². The first kappa shape index (κ1) is 10.6. The number of nitrogens with zero attached hydrogens (tertiary/aromatic N) is 1. The zero-order valence-electron chi connectivity index (χ0n) is 7.61. The van der Waals surface area contributed by atoms with E-state index in [9.17, 15) is 4.39 Å². The molecule has 1 aromatic carbocycles. The van der Waals surface area contributed by atoms with Gasteiger partial charge in [0.15, 0.2) is 0 Å². The molecule has 2 nitrogen and oxygen atoms in total. The van der Waals surface area contributed by atoms with Crippen molar-refractivity contribution in [3.8, 4) is 5.75 Å². The number of ether oxygens (including phenoxy) is 1. The van der Waals surface area contributed by atoms with Crippen molar-refractivity contribution >= 4 is 27.3 Å². The average molecular weight is 288 g/mol. The first-order chi connectivity index (χ1) is 7.25. The van der Waals surface area contributed by atoms with Crippen LogP contribution in [-0.4, -0.2) is 4.98 Å². The summed E-state index contributed by atoms with van der Waals surface area (Å²) in [5.41, 5.74) is 1.75. The molecule has 1 heterocycles. The molecule has 0 spiro atoms. The van der Waals surface area contributed by atoms with E-state index in [4.69, 9.17) is 4.74 Å². The minimum atomic E-state index is -0.285. The number of benzene rings is 1. The molecule has 1 aromatic heterocycles. The van der Waals surface area contributed by atoms with Gasteiger partial charge < -0.3 is 4.74 Å². The second-order valence-electron chi connectivity index (χ2n) is 2.83. The third-order valence-electron chi connectivity index (χ3n) is 1.75. The van der Waals surface area contributed by atoms with Crippen LogP contribution in [0.3, 0.4) is 0 Å². The standard InChI is InChI=1S/C10H7BrFNOS/c11-9-3-7(12)1-2-10(9)14-5-8-4-13-6-15-8/h1-4,6H,5H2. The van der Waals surface area contributed by atoms with Gasteiger partial charge in [0.1, 0.15) is 18.2 Å². The van der Waals surface area contributed by atoms with E-state index in [1.54, 1.807) is 17.8 Å². The van der Waals surface area contributed by atoms with Crippen LogP contribution >= 0.6 is 27.3 Å². The van der Waals surface area contributed by atoms with Gasteiger partial charge in [0.2, 0.25) is 0 Å². The fraction of sp³-hybridized carbons (Fsp3) is 0.100. The molecule has 0 atom stereocenters. The molecule has 5 heteroatoms. The summed E-state index contributed by atoms with van der Waals surface area (Å²) in [4.78, 5) is 4.97. The van der Waals surface area contributed by atoms with Crippen molar-refractivity contribution in [2.75, 3.05) is 0 Å². The Morgan fingerprint density at radius 1 is 1.47 bits per heavy atom. The zero-order chi connectivity index (χ0) is 10.7. The molecule has 15 heavy (non-hydrogen) atoms. The fourth-order valence-corrected chi connectivity index (χ4v) is 2.03. The van der Waals surface area contributed by atoms with Crippen molar-refractivity contribution in [2.45, 2.75) is 6.61 Å². The van der Waals surface area contributed by atoms with Gasteiger partial charge in [-0.25, -0.2) is 4.39 Å². The van der Waals surface area contributed by atoms with Crippen molar-refractivity contribution in [1.82, 2.24) is 4.98 Å². The molecule has 2 rings (SSSR count). The predicted molar refractivity (Wildman–Crippen MR) is 60.5 cm³/mol. The third kappa shape index (κ3) is 2.76. The van der Waals surface area contributed by atoms with Gasteiger partial charge in [0.25, 0.3) is 0 Å². The van der Waals surface area contributed by atoms with Gasteiger partial charge in [-0.3, -0.25) is 4.98 Å². The summed E-state index contributed by atoms with van der Waals surface area (Å²) >= 11 is 4.76. The Hall–Kier alpha value is -0.940.